The molecule has 5 N–H and O–H groups in total. The van der Waals surface area contributed by atoms with E-state index in [4.69, 9.17) is 0 Å². The van der Waals surface area contributed by atoms with Crippen LogP contribution in [0.3, 0.4) is 0 Å². The minimum Gasteiger partial charge on any atom is -0.393 e. The summed E-state index contributed by atoms with van der Waals surface area (Å²) in [7, 11) is 0. The zero-order valence-corrected chi connectivity index (χ0v) is 21.6. The average Bonchev–Trinajstić information content (AvgIpc) is 3.11. The highest BCUT2D eigenvalue weighted by Gasteiger charge is 2.67. The van der Waals surface area contributed by atoms with Gasteiger partial charge in [-0.05, 0) is 99.2 Å². The maximum absolute atomic E-state index is 11.6. The largest absolute Gasteiger partial charge is 0.393 e. The molecule has 0 bridgehead atoms. The van der Waals surface area contributed by atoms with Crippen LogP contribution in [0.4, 0.5) is 0 Å². The van der Waals surface area contributed by atoms with Gasteiger partial charge in [0.2, 0.25) is 0 Å². The van der Waals surface area contributed by atoms with Crippen molar-refractivity contribution < 1.29 is 25.5 Å². The fourth-order valence-corrected chi connectivity index (χ4v) is 9.42. The lowest BCUT2D eigenvalue weighted by Gasteiger charge is -2.65. The van der Waals surface area contributed by atoms with Gasteiger partial charge in [0.05, 0.1) is 30.0 Å². The second kappa shape index (κ2) is 8.73. The van der Waals surface area contributed by atoms with Crippen LogP contribution in [0, 0.1) is 46.3 Å². The molecule has 4 aliphatic rings. The van der Waals surface area contributed by atoms with E-state index < -0.39 is 23.4 Å². The first-order valence-electron chi connectivity index (χ1n) is 13.7. The molecule has 5 nitrogen and oxygen atoms in total. The van der Waals surface area contributed by atoms with Gasteiger partial charge in [-0.2, -0.15) is 0 Å². The Bertz CT molecular complexity index is 710. The Hall–Kier alpha value is -0.200. The molecule has 12 atom stereocenters. The molecule has 33 heavy (non-hydrogen) atoms. The van der Waals surface area contributed by atoms with Gasteiger partial charge in [0.1, 0.15) is 0 Å². The molecule has 0 aromatic carbocycles. The van der Waals surface area contributed by atoms with Crippen LogP contribution in [0.25, 0.3) is 0 Å². The van der Waals surface area contributed by atoms with Crippen LogP contribution in [0.2, 0.25) is 0 Å². The highest BCUT2D eigenvalue weighted by atomic mass is 16.3. The van der Waals surface area contributed by atoms with Crippen molar-refractivity contribution in [1.29, 1.82) is 0 Å². The van der Waals surface area contributed by atoms with E-state index >= 15 is 0 Å². The van der Waals surface area contributed by atoms with Crippen LogP contribution < -0.4 is 0 Å². The van der Waals surface area contributed by atoms with E-state index in [1.54, 1.807) is 6.92 Å². The number of rotatable bonds is 6. The molecule has 4 saturated carbocycles. The van der Waals surface area contributed by atoms with Crippen molar-refractivity contribution in [2.45, 2.75) is 122 Å². The summed E-state index contributed by atoms with van der Waals surface area (Å²) in [4.78, 5) is 0. The number of aliphatic hydroxyl groups is 5. The number of aliphatic hydroxyl groups excluding tert-OH is 3. The second-order valence-electron chi connectivity index (χ2n) is 13.6. The van der Waals surface area contributed by atoms with Crippen LogP contribution >= 0.6 is 0 Å². The molecule has 4 aliphatic carbocycles. The van der Waals surface area contributed by atoms with Gasteiger partial charge < -0.3 is 25.5 Å². The Morgan fingerprint density at radius 1 is 0.970 bits per heavy atom. The molecule has 0 aliphatic heterocycles. The lowest BCUT2D eigenvalue weighted by molar-refractivity contribution is -0.264. The summed E-state index contributed by atoms with van der Waals surface area (Å²) in [5, 5.41) is 53.0. The number of hydrogen-bond donors (Lipinski definition) is 5. The quantitative estimate of drug-likeness (QED) is 0.409. The van der Waals surface area contributed by atoms with E-state index in [0.717, 1.165) is 32.1 Å². The fraction of sp³-hybridized carbons (Fsp3) is 1.00. The van der Waals surface area contributed by atoms with Gasteiger partial charge in [0.25, 0.3) is 0 Å². The standard InChI is InChI=1S/C28H50O5/c1-17(6-7-18(2)27(5,32)16-29)21-8-9-22-20-14-24(31)28(33)15-19(30)10-13-26(28,4)23(20)11-12-25(21,22)3/h17-24,29-33H,6-16H2,1-5H3/t17-,18+,19+,20?,21-,22?,23?,24-,25-,26-,27?,28+/m1/s1. The predicted molar refractivity (Wildman–Crippen MR) is 129 cm³/mol. The second-order valence-corrected chi connectivity index (χ2v) is 13.6. The molecule has 0 aromatic heterocycles. The Balaban J connectivity index is 1.50. The van der Waals surface area contributed by atoms with E-state index in [1.165, 1.54) is 19.3 Å². The van der Waals surface area contributed by atoms with Crippen LogP contribution in [0.5, 0.6) is 0 Å². The van der Waals surface area contributed by atoms with E-state index in [2.05, 4.69) is 20.8 Å². The van der Waals surface area contributed by atoms with Crippen molar-refractivity contribution in [1.82, 2.24) is 0 Å². The van der Waals surface area contributed by atoms with Crippen molar-refractivity contribution in [3.63, 3.8) is 0 Å². The van der Waals surface area contributed by atoms with Crippen LogP contribution in [0.1, 0.15) is 98.8 Å². The van der Waals surface area contributed by atoms with Gasteiger partial charge in [-0.25, -0.2) is 0 Å². The van der Waals surface area contributed by atoms with E-state index in [9.17, 15) is 25.5 Å². The lowest BCUT2D eigenvalue weighted by Crippen LogP contribution is -2.68. The summed E-state index contributed by atoms with van der Waals surface area (Å²) in [5.41, 5.74) is -2.23. The van der Waals surface area contributed by atoms with Crippen molar-refractivity contribution in [2.75, 3.05) is 6.61 Å². The molecule has 4 fully saturated rings. The molecule has 0 aromatic rings. The molecule has 4 rings (SSSR count). The third-order valence-corrected chi connectivity index (χ3v) is 12.0. The summed E-state index contributed by atoms with van der Waals surface area (Å²) in [5.74, 6) is 2.74. The predicted octanol–water partition coefficient (Wildman–Crippen LogP) is 3.89. The number of hydrogen-bond acceptors (Lipinski definition) is 5. The molecule has 0 amide bonds. The SMILES string of the molecule is C[C@H](CC[C@H](C)C(C)(O)CO)[C@H]1CCC2C3C[C@@H](O)[C@@]4(O)C[C@@H](O)CC[C@]4(C)C3CC[C@@]21C. The molecule has 0 spiro atoms. The zero-order chi connectivity index (χ0) is 24.4. The van der Waals surface area contributed by atoms with Crippen molar-refractivity contribution in [2.24, 2.45) is 46.3 Å². The molecule has 0 heterocycles. The fourth-order valence-electron chi connectivity index (χ4n) is 9.42. The molecule has 5 heteroatoms. The first-order chi connectivity index (χ1) is 15.3. The molecule has 4 unspecified atom stereocenters. The highest BCUT2D eigenvalue weighted by Crippen LogP contribution is 2.69. The van der Waals surface area contributed by atoms with E-state index in [-0.39, 0.29) is 23.4 Å². The minimum absolute atomic E-state index is 0.0680. The summed E-state index contributed by atoms with van der Waals surface area (Å²) in [6.07, 6.45) is 7.97. The Labute approximate surface area is 201 Å². The van der Waals surface area contributed by atoms with Crippen molar-refractivity contribution >= 4 is 0 Å². The first kappa shape index (κ1) is 25.9. The van der Waals surface area contributed by atoms with Gasteiger partial charge >= 0.3 is 0 Å². The third kappa shape index (κ3) is 3.93. The van der Waals surface area contributed by atoms with Crippen molar-refractivity contribution in [3.05, 3.63) is 0 Å². The van der Waals surface area contributed by atoms with E-state index in [0.29, 0.717) is 42.4 Å². The smallest absolute Gasteiger partial charge is 0.0985 e. The molecule has 0 radical (unpaired) electrons. The summed E-state index contributed by atoms with van der Waals surface area (Å²) in [6.45, 7) is 10.7. The van der Waals surface area contributed by atoms with Crippen LogP contribution in [-0.2, 0) is 0 Å². The Kier molecular flexibility index (Phi) is 6.84. The monoisotopic (exact) mass is 466 g/mol. The average molecular weight is 467 g/mol. The molecule has 0 saturated heterocycles. The van der Waals surface area contributed by atoms with Crippen LogP contribution in [-0.4, -0.2) is 55.5 Å². The van der Waals surface area contributed by atoms with Gasteiger partial charge in [0.15, 0.2) is 0 Å². The summed E-state index contributed by atoms with van der Waals surface area (Å²) < 4.78 is 0. The third-order valence-electron chi connectivity index (χ3n) is 12.0. The Morgan fingerprint density at radius 3 is 2.33 bits per heavy atom. The maximum Gasteiger partial charge on any atom is 0.0985 e. The van der Waals surface area contributed by atoms with Gasteiger partial charge in [-0.15, -0.1) is 0 Å². The lowest BCUT2D eigenvalue weighted by atomic mass is 9.42. The Morgan fingerprint density at radius 2 is 1.67 bits per heavy atom. The molecular formula is C28H50O5. The normalized spacial score (nSPS) is 51.1. The van der Waals surface area contributed by atoms with Gasteiger partial charge in [0, 0.05) is 11.8 Å². The zero-order valence-electron chi connectivity index (χ0n) is 21.6. The molecule has 192 valence electrons. The molecular weight excluding hydrogens is 416 g/mol. The summed E-state index contributed by atoms with van der Waals surface area (Å²) >= 11 is 0. The van der Waals surface area contributed by atoms with Crippen LogP contribution in [0.15, 0.2) is 0 Å². The maximum atomic E-state index is 11.6. The van der Waals surface area contributed by atoms with Crippen molar-refractivity contribution in [3.8, 4) is 0 Å². The first-order valence-corrected chi connectivity index (χ1v) is 13.7. The highest BCUT2D eigenvalue weighted by molar-refractivity contribution is 5.17. The van der Waals surface area contributed by atoms with E-state index in [1.807, 2.05) is 6.92 Å². The number of fused-ring (bicyclic) bond motifs is 5. The summed E-state index contributed by atoms with van der Waals surface area (Å²) in [6, 6.07) is 0. The topological polar surface area (TPSA) is 101 Å². The van der Waals surface area contributed by atoms with Gasteiger partial charge in [-0.1, -0.05) is 34.1 Å². The minimum atomic E-state index is -1.16. The van der Waals surface area contributed by atoms with Gasteiger partial charge in [-0.3, -0.25) is 0 Å².